The minimum atomic E-state index is -0.156. The summed E-state index contributed by atoms with van der Waals surface area (Å²) in [5, 5.41) is 2.93. The van der Waals surface area contributed by atoms with Crippen LogP contribution in [0.4, 0.5) is 0 Å². The Hall–Kier alpha value is -0.690. The summed E-state index contributed by atoms with van der Waals surface area (Å²) >= 11 is 0. The number of hydrogen-bond donors (Lipinski definition) is 1. The topological polar surface area (TPSA) is 60.0 Å². The first-order valence-corrected chi connectivity index (χ1v) is 7.54. The van der Waals surface area contributed by atoms with Gasteiger partial charge in [-0.2, -0.15) is 0 Å². The summed E-state index contributed by atoms with van der Waals surface area (Å²) in [6.45, 7) is 4.05. The smallest absolute Gasteiger partial charge is 0.234 e. The molecule has 2 aliphatic heterocycles. The van der Waals surface area contributed by atoms with Gasteiger partial charge in [-0.3, -0.25) is 9.69 Å². The van der Waals surface area contributed by atoms with Crippen LogP contribution in [0.25, 0.3) is 0 Å². The normalized spacial score (nSPS) is 24.9. The zero-order valence-corrected chi connectivity index (χ0v) is 12.3. The summed E-state index contributed by atoms with van der Waals surface area (Å²) in [6, 6.07) is 0.218. The maximum absolute atomic E-state index is 12.0. The maximum Gasteiger partial charge on any atom is 0.234 e. The van der Waals surface area contributed by atoms with E-state index >= 15 is 0 Å². The number of piperidine rings is 1. The highest BCUT2D eigenvalue weighted by Crippen LogP contribution is 2.23. The first-order valence-electron chi connectivity index (χ1n) is 7.54. The summed E-state index contributed by atoms with van der Waals surface area (Å²) in [5.41, 5.74) is 0. The van der Waals surface area contributed by atoms with Gasteiger partial charge in [-0.1, -0.05) is 6.42 Å². The number of carbonyl (C=O) groups is 1. The van der Waals surface area contributed by atoms with Crippen LogP contribution < -0.4 is 5.32 Å². The van der Waals surface area contributed by atoms with Crippen LogP contribution in [0.5, 0.6) is 0 Å². The number of methoxy groups -OCH3 is 1. The van der Waals surface area contributed by atoms with Crippen molar-refractivity contribution in [1.29, 1.82) is 0 Å². The van der Waals surface area contributed by atoms with Crippen molar-refractivity contribution in [1.82, 2.24) is 10.2 Å². The highest BCUT2D eigenvalue weighted by molar-refractivity contribution is 5.78. The van der Waals surface area contributed by atoms with E-state index in [4.69, 9.17) is 14.2 Å². The standard InChI is InChI=1S/C14H26N2O4/c1-18-8-4-6-15-13(17)11-16-7-3-2-5-12(16)14-19-9-10-20-14/h12,14H,2-11H2,1H3,(H,15,17). The zero-order valence-electron chi connectivity index (χ0n) is 12.3. The van der Waals surface area contributed by atoms with Crippen molar-refractivity contribution in [2.24, 2.45) is 0 Å². The third kappa shape index (κ3) is 4.70. The molecule has 20 heavy (non-hydrogen) atoms. The lowest BCUT2D eigenvalue weighted by molar-refractivity contribution is -0.131. The lowest BCUT2D eigenvalue weighted by Gasteiger charge is -2.37. The van der Waals surface area contributed by atoms with E-state index in [1.54, 1.807) is 7.11 Å². The third-order valence-corrected chi connectivity index (χ3v) is 3.82. The van der Waals surface area contributed by atoms with Crippen LogP contribution in [0.2, 0.25) is 0 Å². The average Bonchev–Trinajstić information content (AvgIpc) is 2.98. The minimum absolute atomic E-state index is 0.0750. The van der Waals surface area contributed by atoms with Gasteiger partial charge in [0, 0.05) is 20.3 Å². The van der Waals surface area contributed by atoms with Gasteiger partial charge in [-0.25, -0.2) is 0 Å². The predicted octanol–water partition coefficient (Wildman–Crippen LogP) is 0.367. The molecule has 0 radical (unpaired) electrons. The lowest BCUT2D eigenvalue weighted by Crippen LogP contribution is -2.51. The Morgan fingerprint density at radius 2 is 2.15 bits per heavy atom. The largest absolute Gasteiger partial charge is 0.385 e. The molecule has 1 N–H and O–H groups in total. The first kappa shape index (κ1) is 15.7. The van der Waals surface area contributed by atoms with Crippen LogP contribution >= 0.6 is 0 Å². The Bertz CT molecular complexity index is 295. The Morgan fingerprint density at radius 1 is 1.35 bits per heavy atom. The van der Waals surface area contributed by atoms with Crippen molar-refractivity contribution in [3.05, 3.63) is 0 Å². The second-order valence-electron chi connectivity index (χ2n) is 5.34. The molecule has 2 fully saturated rings. The van der Waals surface area contributed by atoms with Gasteiger partial charge in [0.05, 0.1) is 25.8 Å². The molecule has 0 aromatic carbocycles. The molecule has 1 atom stereocenters. The Balaban J connectivity index is 1.74. The lowest BCUT2D eigenvalue weighted by atomic mass is 10.0. The highest BCUT2D eigenvalue weighted by atomic mass is 16.7. The number of ether oxygens (including phenoxy) is 3. The van der Waals surface area contributed by atoms with E-state index in [9.17, 15) is 4.79 Å². The number of rotatable bonds is 7. The molecule has 1 amide bonds. The summed E-state index contributed by atoms with van der Waals surface area (Å²) < 4.78 is 16.2. The molecule has 0 aromatic heterocycles. The minimum Gasteiger partial charge on any atom is -0.385 e. The second-order valence-corrected chi connectivity index (χ2v) is 5.34. The molecule has 1 unspecified atom stereocenters. The summed E-state index contributed by atoms with van der Waals surface area (Å²) in [7, 11) is 1.67. The fraction of sp³-hybridized carbons (Fsp3) is 0.929. The monoisotopic (exact) mass is 286 g/mol. The van der Waals surface area contributed by atoms with Gasteiger partial charge in [0.2, 0.25) is 5.91 Å². The Labute approximate surface area is 120 Å². The number of carbonyl (C=O) groups excluding carboxylic acids is 1. The average molecular weight is 286 g/mol. The molecule has 2 heterocycles. The fourth-order valence-corrected chi connectivity index (χ4v) is 2.80. The predicted molar refractivity (Wildman–Crippen MR) is 74.4 cm³/mol. The van der Waals surface area contributed by atoms with Crippen LogP contribution in [0.3, 0.4) is 0 Å². The fourth-order valence-electron chi connectivity index (χ4n) is 2.80. The number of amides is 1. The second kappa shape index (κ2) is 8.56. The Kier molecular flexibility index (Phi) is 6.72. The molecule has 0 saturated carbocycles. The molecule has 116 valence electrons. The van der Waals surface area contributed by atoms with Gasteiger partial charge in [0.25, 0.3) is 0 Å². The van der Waals surface area contributed by atoms with Crippen LogP contribution in [0, 0.1) is 0 Å². The van der Waals surface area contributed by atoms with E-state index in [0.717, 1.165) is 25.8 Å². The van der Waals surface area contributed by atoms with Gasteiger partial charge in [-0.15, -0.1) is 0 Å². The van der Waals surface area contributed by atoms with E-state index in [-0.39, 0.29) is 18.2 Å². The quantitative estimate of drug-likeness (QED) is 0.685. The molecule has 0 aromatic rings. The molecular weight excluding hydrogens is 260 g/mol. The van der Waals surface area contributed by atoms with Gasteiger partial charge in [-0.05, 0) is 25.8 Å². The summed E-state index contributed by atoms with van der Waals surface area (Å²) in [6.07, 6.45) is 4.05. The number of nitrogens with one attached hydrogen (secondary N) is 1. The van der Waals surface area contributed by atoms with Gasteiger partial charge < -0.3 is 19.5 Å². The first-order chi connectivity index (χ1) is 9.81. The Morgan fingerprint density at radius 3 is 2.90 bits per heavy atom. The molecule has 2 rings (SSSR count). The van der Waals surface area contributed by atoms with Crippen molar-refractivity contribution in [3.63, 3.8) is 0 Å². The van der Waals surface area contributed by atoms with E-state index < -0.39 is 0 Å². The molecule has 0 spiro atoms. The van der Waals surface area contributed by atoms with Crippen molar-refractivity contribution >= 4 is 5.91 Å². The van der Waals surface area contributed by atoms with Crippen LogP contribution in [-0.4, -0.2) is 69.7 Å². The zero-order chi connectivity index (χ0) is 14.2. The van der Waals surface area contributed by atoms with Crippen LogP contribution in [0.15, 0.2) is 0 Å². The number of nitrogens with zero attached hydrogens (tertiary/aromatic N) is 1. The molecule has 2 saturated heterocycles. The van der Waals surface area contributed by atoms with E-state index in [0.29, 0.717) is 32.9 Å². The van der Waals surface area contributed by atoms with Gasteiger partial charge in [0.15, 0.2) is 6.29 Å². The SMILES string of the molecule is COCCCNC(=O)CN1CCCCC1C1OCCO1. The molecule has 0 aliphatic carbocycles. The van der Waals surface area contributed by atoms with E-state index in [1.165, 1.54) is 6.42 Å². The number of likely N-dealkylation sites (tertiary alicyclic amines) is 1. The van der Waals surface area contributed by atoms with E-state index in [2.05, 4.69) is 10.2 Å². The maximum atomic E-state index is 12.0. The van der Waals surface area contributed by atoms with Crippen molar-refractivity contribution in [2.75, 3.05) is 46.6 Å². The summed E-state index contributed by atoms with van der Waals surface area (Å²) in [4.78, 5) is 14.2. The van der Waals surface area contributed by atoms with Gasteiger partial charge in [0.1, 0.15) is 0 Å². The molecular formula is C14H26N2O4. The number of hydrogen-bond acceptors (Lipinski definition) is 5. The molecule has 2 aliphatic rings. The van der Waals surface area contributed by atoms with Crippen molar-refractivity contribution in [2.45, 2.75) is 38.0 Å². The highest BCUT2D eigenvalue weighted by Gasteiger charge is 2.34. The van der Waals surface area contributed by atoms with Crippen molar-refractivity contribution < 1.29 is 19.0 Å². The summed E-state index contributed by atoms with van der Waals surface area (Å²) in [5.74, 6) is 0.0750. The molecule has 0 bridgehead atoms. The van der Waals surface area contributed by atoms with Crippen LogP contribution in [0.1, 0.15) is 25.7 Å². The van der Waals surface area contributed by atoms with E-state index in [1.807, 2.05) is 0 Å². The third-order valence-electron chi connectivity index (χ3n) is 3.82. The molecule has 6 nitrogen and oxygen atoms in total. The van der Waals surface area contributed by atoms with Crippen LogP contribution in [-0.2, 0) is 19.0 Å². The molecule has 6 heteroatoms. The van der Waals surface area contributed by atoms with Crippen molar-refractivity contribution in [3.8, 4) is 0 Å². The van der Waals surface area contributed by atoms with Gasteiger partial charge >= 0.3 is 0 Å².